The highest BCUT2D eigenvalue weighted by Crippen LogP contribution is 2.13. The minimum atomic E-state index is -1.23. The summed E-state index contributed by atoms with van der Waals surface area (Å²) in [6, 6.07) is -1.20. The number of amides is 1. The van der Waals surface area contributed by atoms with Gasteiger partial charge in [-0.1, -0.05) is 0 Å². The molecule has 0 heterocycles. The Morgan fingerprint density at radius 1 is 1.33 bits per heavy atom. The molecule has 2 unspecified atom stereocenters. The summed E-state index contributed by atoms with van der Waals surface area (Å²) in [5, 5.41) is 11.2. The Balaban J connectivity index is 4.32. The van der Waals surface area contributed by atoms with Crippen LogP contribution in [0.25, 0.3) is 0 Å². The lowest BCUT2D eigenvalue weighted by atomic mass is 10.1. The van der Waals surface area contributed by atoms with Gasteiger partial charge in [0.15, 0.2) is 0 Å². The molecule has 0 bridgehead atoms. The molecule has 7 nitrogen and oxygen atoms in total. The van der Waals surface area contributed by atoms with E-state index in [1.807, 2.05) is 6.66 Å². The third-order valence-corrected chi connectivity index (χ3v) is 2.64. The van der Waals surface area contributed by atoms with E-state index in [-0.39, 0.29) is 19.2 Å². The van der Waals surface area contributed by atoms with E-state index in [0.29, 0.717) is 0 Å². The van der Waals surface area contributed by atoms with Crippen LogP contribution in [0.5, 0.6) is 0 Å². The molecule has 120 valence electrons. The van der Waals surface area contributed by atoms with Gasteiger partial charge in [-0.15, -0.1) is 0 Å². The van der Waals surface area contributed by atoms with E-state index in [4.69, 9.17) is 14.6 Å². The second-order valence-corrected chi connectivity index (χ2v) is 7.55. The van der Waals surface area contributed by atoms with Crippen LogP contribution in [0, 0.1) is 0 Å². The molecule has 0 rings (SSSR count). The molecule has 2 N–H and O–H groups in total. The lowest BCUT2D eigenvalue weighted by Gasteiger charge is -2.21. The summed E-state index contributed by atoms with van der Waals surface area (Å²) in [5.74, 6) is -1.74. The van der Waals surface area contributed by atoms with Gasteiger partial charge in [-0.25, -0.2) is 9.59 Å². The van der Waals surface area contributed by atoms with E-state index < -0.39 is 37.2 Å². The van der Waals surface area contributed by atoms with Crippen molar-refractivity contribution in [1.29, 1.82) is 0 Å². The summed E-state index contributed by atoms with van der Waals surface area (Å²) in [4.78, 5) is 34.0. The van der Waals surface area contributed by atoms with Gasteiger partial charge >= 0.3 is 18.0 Å². The smallest absolute Gasteiger partial charge is 0.408 e. The van der Waals surface area contributed by atoms with Crippen molar-refractivity contribution in [3.8, 4) is 0 Å². The predicted molar refractivity (Wildman–Crippen MR) is 81.0 cm³/mol. The lowest BCUT2D eigenvalue weighted by Crippen LogP contribution is -2.43. The molecule has 1 amide bonds. The summed E-state index contributed by atoms with van der Waals surface area (Å²) in [6.45, 7) is 6.86. The Bertz CT molecular complexity index is 415. The third kappa shape index (κ3) is 10.8. The van der Waals surface area contributed by atoms with Gasteiger partial charge < -0.3 is 19.9 Å². The van der Waals surface area contributed by atoms with Crippen molar-refractivity contribution in [2.24, 2.45) is 0 Å². The van der Waals surface area contributed by atoms with E-state index >= 15 is 0 Å². The topological polar surface area (TPSA) is 102 Å². The molecule has 0 fully saturated rings. The molecule has 8 heteroatoms. The van der Waals surface area contributed by atoms with Crippen LogP contribution in [0.2, 0.25) is 0 Å². The number of carbonyl (C=O) groups is 3. The van der Waals surface area contributed by atoms with E-state index in [1.54, 1.807) is 20.8 Å². The number of carboxylic acid groups (broad SMARTS) is 1. The molecular weight excluding hydrogens is 297 g/mol. The molecule has 0 aliphatic heterocycles. The van der Waals surface area contributed by atoms with Gasteiger partial charge in [0.1, 0.15) is 19.2 Å². The fourth-order valence-corrected chi connectivity index (χ4v) is 1.59. The van der Waals surface area contributed by atoms with E-state index in [2.05, 4.69) is 11.6 Å². The Hall–Kier alpha value is -1.62. The zero-order valence-corrected chi connectivity index (χ0v) is 13.7. The highest BCUT2D eigenvalue weighted by atomic mass is 31.1. The van der Waals surface area contributed by atoms with Gasteiger partial charge in [-0.2, -0.15) is 0 Å². The second-order valence-electron chi connectivity index (χ2n) is 5.58. The van der Waals surface area contributed by atoms with Crippen molar-refractivity contribution in [2.75, 3.05) is 13.0 Å². The second kappa shape index (κ2) is 8.62. The Morgan fingerprint density at radius 3 is 2.33 bits per heavy atom. The average molecular weight is 320 g/mol. The van der Waals surface area contributed by atoms with E-state index in [1.165, 1.54) is 0 Å². The average Bonchev–Trinajstić information content (AvgIpc) is 2.29. The first-order valence-electron chi connectivity index (χ1n) is 6.41. The first-order chi connectivity index (χ1) is 9.51. The molecular formula is C13H23NO6P+. The molecule has 0 aromatic carbocycles. The van der Waals surface area contributed by atoms with Crippen LogP contribution in [0.4, 0.5) is 4.79 Å². The van der Waals surface area contributed by atoms with Crippen LogP contribution in [-0.4, -0.2) is 54.1 Å². The van der Waals surface area contributed by atoms with Gasteiger partial charge in [0.2, 0.25) is 6.35 Å². The zero-order chi connectivity index (χ0) is 16.6. The van der Waals surface area contributed by atoms with Gasteiger partial charge in [0, 0.05) is 6.42 Å². The number of hydrogen-bond donors (Lipinski definition) is 2. The van der Waals surface area contributed by atoms with Gasteiger partial charge in [-0.3, -0.25) is 4.79 Å². The predicted octanol–water partition coefficient (Wildman–Crippen LogP) is 1.79. The molecule has 0 aromatic rings. The largest absolute Gasteiger partial charge is 0.480 e. The fraction of sp³-hybridized carbons (Fsp3) is 0.692. The summed E-state index contributed by atoms with van der Waals surface area (Å²) >= 11 is 0. The number of carbonyl (C=O) groups excluding carboxylic acids is 2. The van der Waals surface area contributed by atoms with Crippen molar-refractivity contribution >= 4 is 31.9 Å². The molecule has 0 spiro atoms. The minimum Gasteiger partial charge on any atom is -0.480 e. The summed E-state index contributed by atoms with van der Waals surface area (Å²) in [5.41, 5.74) is -0.724. The zero-order valence-electron chi connectivity index (χ0n) is 12.8. The normalized spacial score (nSPS) is 13.0. The van der Waals surface area contributed by atoms with Crippen molar-refractivity contribution in [2.45, 2.75) is 45.3 Å². The van der Waals surface area contributed by atoms with Gasteiger partial charge in [0.05, 0.1) is 13.0 Å². The molecule has 0 aliphatic rings. The van der Waals surface area contributed by atoms with Crippen LogP contribution < -0.4 is 5.32 Å². The maximum Gasteiger partial charge on any atom is 0.408 e. The van der Waals surface area contributed by atoms with Crippen molar-refractivity contribution < 1.29 is 29.0 Å². The summed E-state index contributed by atoms with van der Waals surface area (Å²) < 4.78 is 9.88. The number of carboxylic acids is 1. The lowest BCUT2D eigenvalue weighted by molar-refractivity contribution is -0.143. The number of hydrogen-bond acceptors (Lipinski definition) is 5. The third-order valence-electron chi connectivity index (χ3n) is 2.07. The Labute approximate surface area is 125 Å². The quantitative estimate of drug-likeness (QED) is 0.548. The van der Waals surface area contributed by atoms with Crippen molar-refractivity contribution in [3.63, 3.8) is 0 Å². The molecule has 0 aliphatic carbocycles. The highest BCUT2D eigenvalue weighted by molar-refractivity contribution is 7.54. The van der Waals surface area contributed by atoms with E-state index in [0.717, 1.165) is 0 Å². The fourth-order valence-electron chi connectivity index (χ4n) is 1.22. The number of esters is 1. The number of nitrogens with one attached hydrogen (secondary N) is 1. The Morgan fingerprint density at radius 2 is 1.90 bits per heavy atom. The number of ether oxygens (including phenoxy) is 2. The van der Waals surface area contributed by atoms with Crippen LogP contribution in [0.3, 0.4) is 0 Å². The first-order valence-corrected chi connectivity index (χ1v) is 8.57. The van der Waals surface area contributed by atoms with Crippen molar-refractivity contribution in [1.82, 2.24) is 5.32 Å². The standard InChI is InChI=1S/C13H22NO6P/c1-13(2,3)20-12(18)14-9(11(16)17)6-7-10(15)19-8-21(4)5/h9H,4,6-8H2,1-3,5H3,(H-,14,16,17,18)/p+1. The van der Waals surface area contributed by atoms with Crippen LogP contribution in [-0.2, 0) is 19.1 Å². The molecule has 2 atom stereocenters. The van der Waals surface area contributed by atoms with Gasteiger partial charge in [-0.05, 0) is 27.2 Å². The summed E-state index contributed by atoms with van der Waals surface area (Å²) in [7, 11) is -0.600. The summed E-state index contributed by atoms with van der Waals surface area (Å²) in [6.07, 6.45) is 2.97. The van der Waals surface area contributed by atoms with Gasteiger partial charge in [0.25, 0.3) is 0 Å². The van der Waals surface area contributed by atoms with Crippen molar-refractivity contribution in [3.05, 3.63) is 0 Å². The number of rotatable bonds is 7. The Kier molecular flexibility index (Phi) is 7.95. The monoisotopic (exact) mass is 320 g/mol. The molecule has 0 saturated heterocycles. The molecule has 0 radical (unpaired) electrons. The first kappa shape index (κ1) is 19.4. The molecule has 0 saturated carbocycles. The van der Waals surface area contributed by atoms with Crippen LogP contribution in [0.15, 0.2) is 0 Å². The number of alkyl carbamates (subject to hydrolysis) is 1. The van der Waals surface area contributed by atoms with E-state index in [9.17, 15) is 14.4 Å². The molecule has 21 heavy (non-hydrogen) atoms. The SMILES string of the molecule is C=[P+](C)COC(=O)CCC(NC(=O)OC(C)(C)C)C(=O)O. The maximum atomic E-state index is 11.5. The molecule has 0 aromatic heterocycles. The van der Waals surface area contributed by atoms with Crippen LogP contribution >= 0.6 is 7.55 Å². The highest BCUT2D eigenvalue weighted by Gasteiger charge is 2.24. The minimum absolute atomic E-state index is 0.0633. The maximum absolute atomic E-state index is 11.5. The van der Waals surface area contributed by atoms with Crippen LogP contribution in [0.1, 0.15) is 33.6 Å². The number of aliphatic carboxylic acids is 1.